The number of thiophene rings is 1. The molecule has 0 spiro atoms. The van der Waals surface area contributed by atoms with Crippen molar-refractivity contribution in [3.63, 3.8) is 0 Å². The summed E-state index contributed by atoms with van der Waals surface area (Å²) in [6.07, 6.45) is 3.56. The van der Waals surface area contributed by atoms with Crippen molar-refractivity contribution >= 4 is 25.2 Å². The van der Waals surface area contributed by atoms with Gasteiger partial charge >= 0.3 is 7.48 Å². The highest BCUT2D eigenvalue weighted by atomic mass is 32.1. The molecule has 0 amide bonds. The monoisotopic (exact) mass is 246 g/mol. The van der Waals surface area contributed by atoms with Gasteiger partial charge in [-0.05, 0) is 34.9 Å². The van der Waals surface area contributed by atoms with Crippen LogP contribution in [0.4, 0.5) is 0 Å². The molecule has 2 heterocycles. The molecule has 1 radical (unpaired) electrons. The van der Waals surface area contributed by atoms with E-state index in [1.165, 1.54) is 5.56 Å². The van der Waals surface area contributed by atoms with E-state index in [0.717, 1.165) is 24.1 Å². The summed E-state index contributed by atoms with van der Waals surface area (Å²) in [4.78, 5) is 0. The molecule has 1 atom stereocenters. The average molecular weight is 246 g/mol. The normalized spacial score (nSPS) is 12.1. The summed E-state index contributed by atoms with van der Waals surface area (Å²) in [7, 11) is 1.63. The van der Waals surface area contributed by atoms with Gasteiger partial charge in [0.05, 0.1) is 6.26 Å². The summed E-state index contributed by atoms with van der Waals surface area (Å²) in [5, 5.41) is 11.0. The number of nitrogens with one attached hydrogen (secondary N) is 1. The Labute approximate surface area is 105 Å². The number of furan rings is 1. The van der Waals surface area contributed by atoms with Gasteiger partial charge in [0, 0.05) is 11.4 Å². The van der Waals surface area contributed by atoms with Gasteiger partial charge in [-0.2, -0.15) is 11.3 Å². The van der Waals surface area contributed by atoms with Crippen LogP contribution in [0, 0.1) is 5.41 Å². The number of hydrogen-bond acceptors (Lipinski definition) is 4. The second kappa shape index (κ2) is 5.73. The summed E-state index contributed by atoms with van der Waals surface area (Å²) >= 11 is 1.67. The molecule has 87 valence electrons. The molecule has 0 aromatic carbocycles. The zero-order valence-corrected chi connectivity index (χ0v) is 10.4. The third kappa shape index (κ3) is 2.80. The highest BCUT2D eigenvalue weighted by Crippen LogP contribution is 2.28. The molecule has 2 aromatic rings. The predicted octanol–water partition coefficient (Wildman–Crippen LogP) is 3.70. The third-order valence-electron chi connectivity index (χ3n) is 2.59. The SMILES string of the molecule is CCC([B]OC=N)c1cc(-c2ccsc2)co1. The molecule has 0 bridgehead atoms. The van der Waals surface area contributed by atoms with Crippen LogP contribution in [0.5, 0.6) is 0 Å². The van der Waals surface area contributed by atoms with E-state index in [0.29, 0.717) is 0 Å². The Morgan fingerprint density at radius 1 is 1.59 bits per heavy atom. The van der Waals surface area contributed by atoms with Crippen molar-refractivity contribution in [2.45, 2.75) is 19.2 Å². The maximum Gasteiger partial charge on any atom is 0.382 e. The largest absolute Gasteiger partial charge is 0.555 e. The van der Waals surface area contributed by atoms with Gasteiger partial charge in [-0.3, -0.25) is 5.41 Å². The van der Waals surface area contributed by atoms with Crippen LogP contribution < -0.4 is 0 Å². The summed E-state index contributed by atoms with van der Waals surface area (Å²) < 4.78 is 10.5. The maximum atomic E-state index is 6.84. The lowest BCUT2D eigenvalue weighted by Gasteiger charge is -2.07. The first-order valence-electron chi connectivity index (χ1n) is 5.44. The molecule has 0 fully saturated rings. The molecule has 2 rings (SSSR count). The highest BCUT2D eigenvalue weighted by Gasteiger charge is 2.17. The van der Waals surface area contributed by atoms with Crippen molar-refractivity contribution in [1.29, 1.82) is 5.41 Å². The van der Waals surface area contributed by atoms with E-state index in [-0.39, 0.29) is 5.82 Å². The van der Waals surface area contributed by atoms with Crippen molar-refractivity contribution in [2.75, 3.05) is 0 Å². The van der Waals surface area contributed by atoms with Gasteiger partial charge < -0.3 is 9.07 Å². The molecule has 17 heavy (non-hydrogen) atoms. The topological polar surface area (TPSA) is 46.2 Å². The van der Waals surface area contributed by atoms with Gasteiger partial charge in [0.2, 0.25) is 0 Å². The van der Waals surface area contributed by atoms with Crippen LogP contribution in [0.2, 0.25) is 0 Å². The molecular weight excluding hydrogens is 233 g/mol. The summed E-state index contributed by atoms with van der Waals surface area (Å²) in [5.41, 5.74) is 2.26. The Hall–Kier alpha value is -1.49. The Morgan fingerprint density at radius 3 is 3.12 bits per heavy atom. The van der Waals surface area contributed by atoms with Gasteiger partial charge in [-0.1, -0.05) is 6.92 Å². The second-order valence-electron chi connectivity index (χ2n) is 3.65. The third-order valence-corrected chi connectivity index (χ3v) is 3.27. The van der Waals surface area contributed by atoms with Gasteiger partial charge in [0.25, 0.3) is 0 Å². The Balaban J connectivity index is 2.13. The summed E-state index contributed by atoms with van der Waals surface area (Å²) in [5.74, 6) is 0.958. The van der Waals surface area contributed by atoms with Crippen molar-refractivity contribution in [2.24, 2.45) is 0 Å². The number of rotatable bonds is 6. The second-order valence-corrected chi connectivity index (χ2v) is 4.43. The Morgan fingerprint density at radius 2 is 2.47 bits per heavy atom. The standard InChI is InChI=1S/C12H13BNO2S/c1-2-11(13-16-8-14)12-5-10(6-15-12)9-3-4-17-7-9/h3-8,11,14H,2H2,1H3. The Bertz CT molecular complexity index is 467. The van der Waals surface area contributed by atoms with Crippen molar-refractivity contribution < 1.29 is 9.07 Å². The minimum Gasteiger partial charge on any atom is -0.555 e. The van der Waals surface area contributed by atoms with Crippen LogP contribution in [0.25, 0.3) is 11.1 Å². The zero-order valence-electron chi connectivity index (χ0n) is 9.55. The quantitative estimate of drug-likeness (QED) is 0.479. The molecule has 0 aliphatic carbocycles. The molecule has 0 aliphatic heterocycles. The fraction of sp³-hybridized carbons (Fsp3) is 0.250. The van der Waals surface area contributed by atoms with E-state index >= 15 is 0 Å². The Kier molecular flexibility index (Phi) is 4.04. The molecular formula is C12H13BNO2S. The van der Waals surface area contributed by atoms with E-state index in [2.05, 4.69) is 18.4 Å². The molecule has 0 saturated heterocycles. The molecule has 0 aliphatic rings. The lowest BCUT2D eigenvalue weighted by Crippen LogP contribution is -2.09. The van der Waals surface area contributed by atoms with Crippen LogP contribution in [-0.2, 0) is 4.65 Å². The van der Waals surface area contributed by atoms with Crippen molar-refractivity contribution in [1.82, 2.24) is 0 Å². The van der Waals surface area contributed by atoms with Crippen LogP contribution >= 0.6 is 11.3 Å². The lowest BCUT2D eigenvalue weighted by molar-refractivity contribution is 0.481. The van der Waals surface area contributed by atoms with Crippen LogP contribution in [0.3, 0.4) is 0 Å². The van der Waals surface area contributed by atoms with E-state index in [9.17, 15) is 0 Å². The first kappa shape index (κ1) is 12.0. The summed E-state index contributed by atoms with van der Waals surface area (Å²) in [6, 6.07) is 4.10. The maximum absolute atomic E-state index is 6.84. The first-order valence-corrected chi connectivity index (χ1v) is 6.38. The smallest absolute Gasteiger partial charge is 0.382 e. The molecule has 0 saturated carbocycles. The molecule has 3 nitrogen and oxygen atoms in total. The average Bonchev–Trinajstić information content (AvgIpc) is 3.00. The number of hydrogen-bond donors (Lipinski definition) is 1. The molecule has 1 N–H and O–H groups in total. The molecule has 5 heteroatoms. The van der Waals surface area contributed by atoms with Crippen LogP contribution in [0.1, 0.15) is 24.9 Å². The zero-order chi connectivity index (χ0) is 12.1. The van der Waals surface area contributed by atoms with E-state index in [1.54, 1.807) is 25.1 Å². The van der Waals surface area contributed by atoms with Gasteiger partial charge in [-0.25, -0.2) is 0 Å². The lowest BCUT2D eigenvalue weighted by atomic mass is 9.76. The van der Waals surface area contributed by atoms with Gasteiger partial charge in [0.15, 0.2) is 0 Å². The van der Waals surface area contributed by atoms with Gasteiger partial charge in [-0.15, -0.1) is 0 Å². The van der Waals surface area contributed by atoms with E-state index in [4.69, 9.17) is 14.5 Å². The van der Waals surface area contributed by atoms with Crippen LogP contribution in [-0.4, -0.2) is 13.9 Å². The van der Waals surface area contributed by atoms with E-state index in [1.807, 2.05) is 11.4 Å². The highest BCUT2D eigenvalue weighted by molar-refractivity contribution is 7.08. The predicted molar refractivity (Wildman–Crippen MR) is 70.7 cm³/mol. The molecule has 2 aromatic heterocycles. The van der Waals surface area contributed by atoms with E-state index < -0.39 is 0 Å². The van der Waals surface area contributed by atoms with Gasteiger partial charge in [0.1, 0.15) is 12.2 Å². The minimum absolute atomic E-state index is 0.0870. The van der Waals surface area contributed by atoms with Crippen molar-refractivity contribution in [3.05, 3.63) is 34.9 Å². The minimum atomic E-state index is 0.0870. The van der Waals surface area contributed by atoms with Crippen molar-refractivity contribution in [3.8, 4) is 11.1 Å². The van der Waals surface area contributed by atoms with Crippen LogP contribution in [0.15, 0.2) is 33.6 Å². The fourth-order valence-corrected chi connectivity index (χ4v) is 2.29. The molecule has 1 unspecified atom stereocenters. The first-order chi connectivity index (χ1) is 8.35. The summed E-state index contributed by atoms with van der Waals surface area (Å²) in [6.45, 7) is 2.06. The fourth-order valence-electron chi connectivity index (χ4n) is 1.63.